The predicted octanol–water partition coefficient (Wildman–Crippen LogP) is 2.68. The third-order valence-electron chi connectivity index (χ3n) is 4.54. The van der Waals surface area contributed by atoms with Gasteiger partial charge < -0.3 is 15.3 Å². The molecule has 2 aromatic rings. The van der Waals surface area contributed by atoms with Crippen molar-refractivity contribution in [3.05, 3.63) is 42.2 Å². The molecule has 6 nitrogen and oxygen atoms in total. The number of anilines is 2. The summed E-state index contributed by atoms with van der Waals surface area (Å²) in [7, 11) is 1.92. The molecule has 3 rings (SSSR count). The van der Waals surface area contributed by atoms with Gasteiger partial charge in [-0.25, -0.2) is 0 Å². The maximum Gasteiger partial charge on any atom is 0.276 e. The lowest BCUT2D eigenvalue weighted by atomic mass is 10.2. The molecule has 0 aliphatic heterocycles. The molecule has 0 spiro atoms. The normalized spacial score (nSPS) is 14.8. The third kappa shape index (κ3) is 3.76. The summed E-state index contributed by atoms with van der Waals surface area (Å²) in [6, 6.07) is 9.76. The Morgan fingerprint density at radius 2 is 2.00 bits per heavy atom. The van der Waals surface area contributed by atoms with Gasteiger partial charge in [0.1, 0.15) is 0 Å². The van der Waals surface area contributed by atoms with E-state index in [-0.39, 0.29) is 12.5 Å². The molecule has 1 saturated carbocycles. The summed E-state index contributed by atoms with van der Waals surface area (Å²) in [5, 5.41) is 16.3. The first kappa shape index (κ1) is 16.5. The number of carbonyl (C=O) groups is 1. The molecule has 24 heavy (non-hydrogen) atoms. The number of aliphatic hydroxyl groups is 1. The van der Waals surface area contributed by atoms with E-state index in [1.807, 2.05) is 47.1 Å². The van der Waals surface area contributed by atoms with Crippen molar-refractivity contribution in [1.82, 2.24) is 9.78 Å². The summed E-state index contributed by atoms with van der Waals surface area (Å²) in [5.74, 6) is -0.191. The minimum Gasteiger partial charge on any atom is -0.395 e. The van der Waals surface area contributed by atoms with Gasteiger partial charge in [-0.2, -0.15) is 5.10 Å². The van der Waals surface area contributed by atoms with Crippen molar-refractivity contribution in [2.75, 3.05) is 30.4 Å². The number of nitrogens with one attached hydrogen (secondary N) is 1. The Morgan fingerprint density at radius 3 is 2.67 bits per heavy atom. The number of nitrogens with zero attached hydrogens (tertiary/aromatic N) is 3. The first-order valence-corrected chi connectivity index (χ1v) is 8.46. The minimum absolute atomic E-state index is 0.110. The molecule has 0 bridgehead atoms. The van der Waals surface area contributed by atoms with E-state index in [0.717, 1.165) is 24.2 Å². The van der Waals surface area contributed by atoms with Gasteiger partial charge in [0, 0.05) is 31.2 Å². The Kier molecular flexibility index (Phi) is 5.15. The van der Waals surface area contributed by atoms with Crippen molar-refractivity contribution >= 4 is 17.3 Å². The summed E-state index contributed by atoms with van der Waals surface area (Å²) < 4.78 is 1.93. The maximum atomic E-state index is 12.3. The summed E-state index contributed by atoms with van der Waals surface area (Å²) in [6.45, 7) is 0.683. The standard InChI is InChI=1S/C18H24N4O2/c1-21(12-13-23)15-8-6-14(7-9-15)19-18(24)17-10-11-22(20-17)16-4-2-3-5-16/h6-11,16,23H,2-5,12-13H2,1H3,(H,19,24). The number of carbonyl (C=O) groups excluding carboxylic acids is 1. The quantitative estimate of drug-likeness (QED) is 0.855. The maximum absolute atomic E-state index is 12.3. The fraction of sp³-hybridized carbons (Fsp3) is 0.444. The van der Waals surface area contributed by atoms with Crippen LogP contribution in [-0.2, 0) is 0 Å². The molecule has 0 saturated heterocycles. The van der Waals surface area contributed by atoms with E-state index in [0.29, 0.717) is 18.3 Å². The second kappa shape index (κ2) is 7.49. The molecule has 6 heteroatoms. The summed E-state index contributed by atoms with van der Waals surface area (Å²) in [4.78, 5) is 14.3. The fourth-order valence-electron chi connectivity index (χ4n) is 3.10. The van der Waals surface area contributed by atoms with Crippen LogP contribution in [0, 0.1) is 0 Å². The van der Waals surface area contributed by atoms with Crippen LogP contribution in [0.1, 0.15) is 42.2 Å². The van der Waals surface area contributed by atoms with Crippen molar-refractivity contribution in [2.24, 2.45) is 0 Å². The lowest BCUT2D eigenvalue weighted by Gasteiger charge is -2.18. The van der Waals surface area contributed by atoms with Crippen molar-refractivity contribution in [3.63, 3.8) is 0 Å². The number of aromatic nitrogens is 2. The lowest BCUT2D eigenvalue weighted by Crippen LogP contribution is -2.21. The molecule has 128 valence electrons. The summed E-state index contributed by atoms with van der Waals surface area (Å²) >= 11 is 0. The van der Waals surface area contributed by atoms with E-state index in [9.17, 15) is 4.79 Å². The third-order valence-corrected chi connectivity index (χ3v) is 4.54. The van der Waals surface area contributed by atoms with Crippen LogP contribution in [0.2, 0.25) is 0 Å². The molecular weight excluding hydrogens is 304 g/mol. The zero-order valence-corrected chi connectivity index (χ0v) is 14.0. The van der Waals surface area contributed by atoms with E-state index in [2.05, 4.69) is 10.4 Å². The van der Waals surface area contributed by atoms with Gasteiger partial charge in [-0.05, 0) is 43.2 Å². The Hall–Kier alpha value is -2.34. The van der Waals surface area contributed by atoms with Crippen LogP contribution in [0.4, 0.5) is 11.4 Å². The fourth-order valence-corrected chi connectivity index (χ4v) is 3.10. The van der Waals surface area contributed by atoms with Gasteiger partial charge in [0.2, 0.25) is 0 Å². The topological polar surface area (TPSA) is 70.4 Å². The highest BCUT2D eigenvalue weighted by atomic mass is 16.3. The van der Waals surface area contributed by atoms with Crippen LogP contribution < -0.4 is 10.2 Å². The predicted molar refractivity (Wildman–Crippen MR) is 94.5 cm³/mol. The number of aliphatic hydroxyl groups excluding tert-OH is 1. The molecule has 0 unspecified atom stereocenters. The number of hydrogen-bond donors (Lipinski definition) is 2. The molecule has 1 aliphatic rings. The van der Waals surface area contributed by atoms with E-state index in [1.54, 1.807) is 6.07 Å². The number of hydrogen-bond acceptors (Lipinski definition) is 4. The van der Waals surface area contributed by atoms with Gasteiger partial charge in [0.15, 0.2) is 5.69 Å². The van der Waals surface area contributed by atoms with E-state index in [4.69, 9.17) is 5.11 Å². The van der Waals surface area contributed by atoms with Crippen LogP contribution in [0.15, 0.2) is 36.5 Å². The number of rotatable bonds is 6. The zero-order chi connectivity index (χ0) is 16.9. The largest absolute Gasteiger partial charge is 0.395 e. The highest BCUT2D eigenvalue weighted by Gasteiger charge is 2.19. The highest BCUT2D eigenvalue weighted by Crippen LogP contribution is 2.28. The summed E-state index contributed by atoms with van der Waals surface area (Å²) in [5.41, 5.74) is 2.17. The zero-order valence-electron chi connectivity index (χ0n) is 14.0. The Labute approximate surface area is 142 Å². The van der Waals surface area contributed by atoms with E-state index < -0.39 is 0 Å². The molecule has 1 fully saturated rings. The van der Waals surface area contributed by atoms with Gasteiger partial charge in [-0.3, -0.25) is 9.48 Å². The SMILES string of the molecule is CN(CCO)c1ccc(NC(=O)c2ccn(C3CCCC3)n2)cc1. The van der Waals surface area contributed by atoms with Crippen LogP contribution in [-0.4, -0.2) is 41.0 Å². The van der Waals surface area contributed by atoms with Gasteiger partial charge in [0.05, 0.1) is 12.6 Å². The minimum atomic E-state index is -0.191. The second-order valence-corrected chi connectivity index (χ2v) is 6.27. The van der Waals surface area contributed by atoms with Crippen molar-refractivity contribution in [1.29, 1.82) is 0 Å². The smallest absolute Gasteiger partial charge is 0.276 e. The van der Waals surface area contributed by atoms with Crippen LogP contribution >= 0.6 is 0 Å². The molecule has 1 heterocycles. The van der Waals surface area contributed by atoms with E-state index >= 15 is 0 Å². The average Bonchev–Trinajstić information content (AvgIpc) is 3.27. The molecule has 1 amide bonds. The molecule has 1 aliphatic carbocycles. The molecule has 0 radical (unpaired) electrons. The number of benzene rings is 1. The van der Waals surface area contributed by atoms with Crippen LogP contribution in [0.25, 0.3) is 0 Å². The highest BCUT2D eigenvalue weighted by molar-refractivity contribution is 6.02. The number of likely N-dealkylation sites (N-methyl/N-ethyl adjacent to an activating group) is 1. The monoisotopic (exact) mass is 328 g/mol. The molecule has 0 atom stereocenters. The first-order valence-electron chi connectivity index (χ1n) is 8.46. The lowest BCUT2D eigenvalue weighted by molar-refractivity contribution is 0.102. The van der Waals surface area contributed by atoms with Crippen molar-refractivity contribution in [2.45, 2.75) is 31.7 Å². The Balaban J connectivity index is 1.62. The number of amides is 1. The van der Waals surface area contributed by atoms with Gasteiger partial charge >= 0.3 is 0 Å². The summed E-state index contributed by atoms with van der Waals surface area (Å²) in [6.07, 6.45) is 6.67. The van der Waals surface area contributed by atoms with Crippen molar-refractivity contribution < 1.29 is 9.90 Å². The van der Waals surface area contributed by atoms with Gasteiger partial charge in [-0.1, -0.05) is 12.8 Å². The van der Waals surface area contributed by atoms with Gasteiger partial charge in [0.25, 0.3) is 5.91 Å². The molecule has 1 aromatic heterocycles. The molecular formula is C18H24N4O2. The molecule has 1 aromatic carbocycles. The van der Waals surface area contributed by atoms with E-state index in [1.165, 1.54) is 12.8 Å². The second-order valence-electron chi connectivity index (χ2n) is 6.27. The van der Waals surface area contributed by atoms with Crippen LogP contribution in [0.3, 0.4) is 0 Å². The van der Waals surface area contributed by atoms with Crippen molar-refractivity contribution in [3.8, 4) is 0 Å². The van der Waals surface area contributed by atoms with Crippen LogP contribution in [0.5, 0.6) is 0 Å². The van der Waals surface area contributed by atoms with Gasteiger partial charge in [-0.15, -0.1) is 0 Å². The average molecular weight is 328 g/mol. The first-order chi connectivity index (χ1) is 11.7. The molecule has 2 N–H and O–H groups in total. The Morgan fingerprint density at radius 1 is 1.29 bits per heavy atom. The Bertz CT molecular complexity index is 675.